The number of rotatable bonds is 4. The second-order valence-electron chi connectivity index (χ2n) is 9.27. The molecule has 1 amide bonds. The molecule has 1 N–H and O–H groups in total. The minimum Gasteiger partial charge on any atom is -0.444 e. The minimum absolute atomic E-state index is 0.00110. The Labute approximate surface area is 188 Å². The minimum atomic E-state index is -0.486. The molecule has 2 aliphatic rings. The average Bonchev–Trinajstić information content (AvgIpc) is 3.16. The van der Waals surface area contributed by atoms with Crippen LogP contribution in [0.4, 0.5) is 4.79 Å². The highest BCUT2D eigenvalue weighted by Crippen LogP contribution is 2.19. The van der Waals surface area contributed by atoms with Crippen molar-refractivity contribution >= 4 is 12.1 Å². The summed E-state index contributed by atoms with van der Waals surface area (Å²) in [6.07, 6.45) is 1.55. The van der Waals surface area contributed by atoms with Gasteiger partial charge in [-0.3, -0.25) is 9.79 Å². The molecule has 1 fully saturated rings. The molecule has 1 aromatic heterocycles. The van der Waals surface area contributed by atoms with Crippen molar-refractivity contribution in [3.8, 4) is 0 Å². The molecule has 0 bridgehead atoms. The summed E-state index contributed by atoms with van der Waals surface area (Å²) in [5, 5.41) is 3.44. The van der Waals surface area contributed by atoms with Crippen LogP contribution in [0.1, 0.15) is 31.9 Å². The number of piperazine rings is 1. The van der Waals surface area contributed by atoms with Gasteiger partial charge in [-0.05, 0) is 38.0 Å². The van der Waals surface area contributed by atoms with Gasteiger partial charge in [-0.1, -0.05) is 30.3 Å². The molecule has 4 rings (SSSR count). The summed E-state index contributed by atoms with van der Waals surface area (Å²) in [6.45, 7) is 9.54. The molecule has 0 aliphatic carbocycles. The van der Waals surface area contributed by atoms with Crippen LogP contribution >= 0.6 is 0 Å². The van der Waals surface area contributed by atoms with Crippen molar-refractivity contribution in [3.63, 3.8) is 0 Å². The zero-order chi connectivity index (χ0) is 22.7. The Balaban J connectivity index is 1.28. The van der Waals surface area contributed by atoms with Crippen LogP contribution < -0.4 is 10.9 Å². The number of carbonyl (C=O) groups excluding carboxylic acids is 1. The molecule has 32 heavy (non-hydrogen) atoms. The van der Waals surface area contributed by atoms with Crippen molar-refractivity contribution < 1.29 is 9.53 Å². The van der Waals surface area contributed by atoms with Gasteiger partial charge in [0.25, 0.3) is 5.56 Å². The van der Waals surface area contributed by atoms with Gasteiger partial charge in [0.15, 0.2) is 5.96 Å². The molecule has 2 aliphatic heterocycles. The molecule has 0 radical (unpaired) electrons. The number of hydrogen-bond donors (Lipinski definition) is 1. The first kappa shape index (κ1) is 21.9. The number of guanidine groups is 1. The van der Waals surface area contributed by atoms with E-state index in [0.717, 1.165) is 23.6 Å². The van der Waals surface area contributed by atoms with Gasteiger partial charge in [-0.25, -0.2) is 4.79 Å². The second-order valence-corrected chi connectivity index (χ2v) is 9.27. The highest BCUT2D eigenvalue weighted by atomic mass is 16.6. The van der Waals surface area contributed by atoms with Gasteiger partial charge in [0.05, 0.1) is 19.1 Å². The van der Waals surface area contributed by atoms with Gasteiger partial charge in [0, 0.05) is 38.4 Å². The maximum Gasteiger partial charge on any atom is 0.410 e. The second kappa shape index (κ2) is 9.06. The molecular formula is C24H31N5O3. The van der Waals surface area contributed by atoms with E-state index in [9.17, 15) is 9.59 Å². The fourth-order valence-corrected chi connectivity index (χ4v) is 3.95. The number of hydrogen-bond acceptors (Lipinski definition) is 6. The van der Waals surface area contributed by atoms with Crippen LogP contribution in [-0.4, -0.2) is 64.2 Å². The standard InChI is InChI=1S/C24H31N5O3/c1-24(2,3)32-23(31)28-12-13-29-20(17-28)15-26-22(29)25-14-18-7-9-19(10-8-18)16-27-11-5-4-6-21(27)30/h4-11,20H,12-17H2,1-3H3,(H,25,26). The lowest BCUT2D eigenvalue weighted by atomic mass is 10.1. The summed E-state index contributed by atoms with van der Waals surface area (Å²) in [6, 6.07) is 13.6. The van der Waals surface area contributed by atoms with Crippen molar-refractivity contribution in [1.82, 2.24) is 19.7 Å². The predicted octanol–water partition coefficient (Wildman–Crippen LogP) is 2.28. The zero-order valence-electron chi connectivity index (χ0n) is 19.0. The quantitative estimate of drug-likeness (QED) is 0.794. The van der Waals surface area contributed by atoms with E-state index in [2.05, 4.69) is 39.5 Å². The number of nitrogens with one attached hydrogen (secondary N) is 1. The molecule has 2 aromatic rings. The Hall–Kier alpha value is -3.29. The molecule has 1 unspecified atom stereocenters. The maximum absolute atomic E-state index is 12.4. The fourth-order valence-electron chi connectivity index (χ4n) is 3.95. The number of amides is 1. The van der Waals surface area contributed by atoms with E-state index in [4.69, 9.17) is 4.74 Å². The summed E-state index contributed by atoms with van der Waals surface area (Å²) in [5.74, 6) is 0.888. The molecule has 0 saturated carbocycles. The Morgan fingerprint density at radius 2 is 1.88 bits per heavy atom. The summed E-state index contributed by atoms with van der Waals surface area (Å²) >= 11 is 0. The SMILES string of the molecule is CC(C)(C)OC(=O)N1CCN2C(NCc3ccc(Cn4ccccc4=O)cc3)=NCC2C1. The van der Waals surface area contributed by atoms with Crippen molar-refractivity contribution in [2.45, 2.75) is 45.5 Å². The number of aliphatic imine (C=N–C) groups is 1. The first-order valence-electron chi connectivity index (χ1n) is 11.0. The Kier molecular flexibility index (Phi) is 6.21. The lowest BCUT2D eigenvalue weighted by Gasteiger charge is -2.39. The van der Waals surface area contributed by atoms with Crippen LogP contribution in [0.5, 0.6) is 0 Å². The molecule has 1 atom stereocenters. The average molecular weight is 438 g/mol. The fraction of sp³-hybridized carbons (Fsp3) is 0.458. The van der Waals surface area contributed by atoms with Gasteiger partial charge in [-0.15, -0.1) is 0 Å². The van der Waals surface area contributed by atoms with Crippen LogP contribution in [-0.2, 0) is 17.8 Å². The van der Waals surface area contributed by atoms with Crippen LogP contribution in [0, 0.1) is 0 Å². The number of fused-ring (bicyclic) bond motifs is 1. The van der Waals surface area contributed by atoms with Crippen LogP contribution in [0.25, 0.3) is 0 Å². The molecule has 1 saturated heterocycles. The van der Waals surface area contributed by atoms with Crippen molar-refractivity contribution in [3.05, 3.63) is 70.1 Å². The monoisotopic (exact) mass is 437 g/mol. The summed E-state index contributed by atoms with van der Waals surface area (Å²) in [7, 11) is 0. The first-order chi connectivity index (χ1) is 15.3. The maximum atomic E-state index is 12.4. The van der Waals surface area contributed by atoms with E-state index in [0.29, 0.717) is 32.7 Å². The van der Waals surface area contributed by atoms with Crippen molar-refractivity contribution in [2.24, 2.45) is 4.99 Å². The van der Waals surface area contributed by atoms with E-state index in [-0.39, 0.29) is 17.7 Å². The highest BCUT2D eigenvalue weighted by molar-refractivity contribution is 5.82. The third kappa shape index (κ3) is 5.30. The number of aromatic nitrogens is 1. The molecule has 1 aromatic carbocycles. The van der Waals surface area contributed by atoms with E-state index >= 15 is 0 Å². The third-order valence-electron chi connectivity index (χ3n) is 5.58. The number of nitrogens with zero attached hydrogens (tertiary/aromatic N) is 4. The summed E-state index contributed by atoms with van der Waals surface area (Å²) < 4.78 is 7.20. The third-order valence-corrected chi connectivity index (χ3v) is 5.58. The molecule has 8 heteroatoms. The smallest absolute Gasteiger partial charge is 0.410 e. The van der Waals surface area contributed by atoms with Gasteiger partial charge >= 0.3 is 6.09 Å². The zero-order valence-corrected chi connectivity index (χ0v) is 19.0. The van der Waals surface area contributed by atoms with Crippen molar-refractivity contribution in [2.75, 3.05) is 26.2 Å². The largest absolute Gasteiger partial charge is 0.444 e. The van der Waals surface area contributed by atoms with Crippen LogP contribution in [0.3, 0.4) is 0 Å². The highest BCUT2D eigenvalue weighted by Gasteiger charge is 2.36. The number of benzene rings is 1. The van der Waals surface area contributed by atoms with Gasteiger partial charge in [0.1, 0.15) is 5.60 Å². The number of pyridine rings is 1. The van der Waals surface area contributed by atoms with Gasteiger partial charge < -0.3 is 24.4 Å². The van der Waals surface area contributed by atoms with Gasteiger partial charge in [0.2, 0.25) is 0 Å². The molecule has 8 nitrogen and oxygen atoms in total. The van der Waals surface area contributed by atoms with E-state index < -0.39 is 5.60 Å². The molecular weight excluding hydrogens is 406 g/mol. The molecule has 170 valence electrons. The van der Waals surface area contributed by atoms with E-state index in [1.54, 1.807) is 27.8 Å². The van der Waals surface area contributed by atoms with Crippen LogP contribution in [0.15, 0.2) is 58.4 Å². The lowest BCUT2D eigenvalue weighted by Crippen LogP contribution is -2.57. The topological polar surface area (TPSA) is 79.2 Å². The van der Waals surface area contributed by atoms with Gasteiger partial charge in [-0.2, -0.15) is 0 Å². The predicted molar refractivity (Wildman–Crippen MR) is 124 cm³/mol. The summed E-state index contributed by atoms with van der Waals surface area (Å²) in [4.78, 5) is 32.9. The first-order valence-corrected chi connectivity index (χ1v) is 11.0. The van der Waals surface area contributed by atoms with E-state index in [1.165, 1.54) is 0 Å². The van der Waals surface area contributed by atoms with E-state index in [1.807, 2.05) is 26.8 Å². The Morgan fingerprint density at radius 1 is 1.12 bits per heavy atom. The normalized spacial score (nSPS) is 18.2. The summed E-state index contributed by atoms with van der Waals surface area (Å²) in [5.41, 5.74) is 1.74. The Bertz CT molecular complexity index is 1040. The molecule has 0 spiro atoms. The Morgan fingerprint density at radius 3 is 2.59 bits per heavy atom. The number of carbonyl (C=O) groups is 1. The number of ether oxygens (including phenoxy) is 1. The molecule has 3 heterocycles. The van der Waals surface area contributed by atoms with Crippen LogP contribution in [0.2, 0.25) is 0 Å². The lowest BCUT2D eigenvalue weighted by molar-refractivity contribution is 0.0137. The van der Waals surface area contributed by atoms with Crippen molar-refractivity contribution in [1.29, 1.82) is 0 Å².